The number of hydrogen-bond acceptors (Lipinski definition) is 2. The van der Waals surface area contributed by atoms with E-state index >= 15 is 0 Å². The second kappa shape index (κ2) is 7.50. The van der Waals surface area contributed by atoms with Gasteiger partial charge in [-0.05, 0) is 29.7 Å². The molecule has 1 aromatic carbocycles. The summed E-state index contributed by atoms with van der Waals surface area (Å²) >= 11 is 3.30. The van der Waals surface area contributed by atoms with Crippen LogP contribution in [0.25, 0.3) is 0 Å². The molecule has 0 spiro atoms. The van der Waals surface area contributed by atoms with Crippen molar-refractivity contribution < 1.29 is 4.39 Å². The molecule has 0 fully saturated rings. The molecule has 0 saturated heterocycles. The molecule has 0 aliphatic rings. The van der Waals surface area contributed by atoms with E-state index in [9.17, 15) is 4.39 Å². The number of hydrogen-bond donors (Lipinski definition) is 0. The fraction of sp³-hybridized carbons (Fsp3) is 0.500. The van der Waals surface area contributed by atoms with Crippen LogP contribution in [0.4, 0.5) is 4.39 Å². The molecule has 0 aliphatic carbocycles. The van der Waals surface area contributed by atoms with Gasteiger partial charge in [-0.25, -0.2) is 4.39 Å². The topological polar surface area (TPSA) is 27.0 Å². The van der Waals surface area contributed by atoms with Crippen molar-refractivity contribution in [2.45, 2.75) is 26.8 Å². The highest BCUT2D eigenvalue weighted by molar-refractivity contribution is 9.10. The highest BCUT2D eigenvalue weighted by Crippen LogP contribution is 2.17. The first-order valence-electron chi connectivity index (χ1n) is 6.05. The summed E-state index contributed by atoms with van der Waals surface area (Å²) in [6.45, 7) is 6.59. The van der Waals surface area contributed by atoms with Crippen molar-refractivity contribution in [3.05, 3.63) is 34.1 Å². The van der Waals surface area contributed by atoms with Gasteiger partial charge in [0.2, 0.25) is 0 Å². The smallest absolute Gasteiger partial charge is 0.124 e. The van der Waals surface area contributed by atoms with Crippen LogP contribution in [0.15, 0.2) is 22.7 Å². The summed E-state index contributed by atoms with van der Waals surface area (Å²) in [6.07, 6.45) is 0.503. The fourth-order valence-corrected chi connectivity index (χ4v) is 2.43. The van der Waals surface area contributed by atoms with Crippen molar-refractivity contribution >= 4 is 15.9 Å². The Labute approximate surface area is 117 Å². The molecule has 0 heterocycles. The average molecular weight is 313 g/mol. The van der Waals surface area contributed by atoms with E-state index in [1.807, 2.05) is 6.07 Å². The maximum absolute atomic E-state index is 13.3. The van der Waals surface area contributed by atoms with Crippen molar-refractivity contribution in [3.63, 3.8) is 0 Å². The quantitative estimate of drug-likeness (QED) is 0.795. The molecule has 0 unspecified atom stereocenters. The van der Waals surface area contributed by atoms with E-state index in [4.69, 9.17) is 5.26 Å². The van der Waals surface area contributed by atoms with E-state index in [-0.39, 0.29) is 5.82 Å². The molecule has 2 nitrogen and oxygen atoms in total. The molecular formula is C14H18BrFN2. The normalized spacial score (nSPS) is 10.9. The predicted octanol–water partition coefficient (Wildman–Crippen LogP) is 3.96. The molecule has 4 heteroatoms. The molecule has 1 rings (SSSR count). The molecule has 0 saturated carbocycles. The molecule has 0 bridgehead atoms. The Morgan fingerprint density at radius 3 is 2.67 bits per heavy atom. The van der Waals surface area contributed by atoms with Crippen LogP contribution in [0.1, 0.15) is 25.8 Å². The molecule has 0 aliphatic heterocycles. The van der Waals surface area contributed by atoms with Crippen molar-refractivity contribution in [2.75, 3.05) is 13.1 Å². The Balaban J connectivity index is 2.72. The number of rotatable bonds is 6. The first-order chi connectivity index (χ1) is 8.51. The average Bonchev–Trinajstić information content (AvgIpc) is 2.23. The van der Waals surface area contributed by atoms with Crippen LogP contribution >= 0.6 is 15.9 Å². The Morgan fingerprint density at radius 2 is 2.11 bits per heavy atom. The summed E-state index contributed by atoms with van der Waals surface area (Å²) in [5.41, 5.74) is 0.931. The maximum Gasteiger partial charge on any atom is 0.124 e. The second-order valence-corrected chi connectivity index (χ2v) is 5.73. The predicted molar refractivity (Wildman–Crippen MR) is 74.4 cm³/mol. The van der Waals surface area contributed by atoms with E-state index < -0.39 is 0 Å². The first-order valence-corrected chi connectivity index (χ1v) is 6.85. The summed E-state index contributed by atoms with van der Waals surface area (Å²) in [6, 6.07) is 7.07. The van der Waals surface area contributed by atoms with Gasteiger partial charge >= 0.3 is 0 Å². The van der Waals surface area contributed by atoms with Gasteiger partial charge in [0.05, 0.1) is 6.07 Å². The molecule has 98 valence electrons. The maximum atomic E-state index is 13.3. The van der Waals surface area contributed by atoms with Gasteiger partial charge in [-0.2, -0.15) is 5.26 Å². The van der Waals surface area contributed by atoms with E-state index in [1.54, 1.807) is 6.07 Å². The number of nitrogens with zero attached hydrogens (tertiary/aromatic N) is 2. The summed E-state index contributed by atoms with van der Waals surface area (Å²) < 4.78 is 14.0. The number of halogens is 2. The zero-order chi connectivity index (χ0) is 13.5. The van der Waals surface area contributed by atoms with Crippen LogP contribution in [-0.4, -0.2) is 18.0 Å². The second-order valence-electron chi connectivity index (χ2n) is 4.81. The van der Waals surface area contributed by atoms with E-state index in [1.165, 1.54) is 6.07 Å². The molecule has 0 amide bonds. The van der Waals surface area contributed by atoms with Gasteiger partial charge in [0.15, 0.2) is 0 Å². The lowest BCUT2D eigenvalue weighted by Crippen LogP contribution is -2.28. The SMILES string of the molecule is CC(C)CN(CCC#N)Cc1cc(F)cc(Br)c1. The Hall–Kier alpha value is -0.920. The van der Waals surface area contributed by atoms with Crippen LogP contribution in [0, 0.1) is 23.1 Å². The number of benzene rings is 1. The summed E-state index contributed by atoms with van der Waals surface area (Å²) in [4.78, 5) is 2.19. The van der Waals surface area contributed by atoms with Crippen LogP contribution in [-0.2, 0) is 6.54 Å². The lowest BCUT2D eigenvalue weighted by Gasteiger charge is -2.23. The largest absolute Gasteiger partial charge is 0.298 e. The highest BCUT2D eigenvalue weighted by atomic mass is 79.9. The standard InChI is InChI=1S/C14H18BrFN2/c1-11(2)9-18(5-3-4-17)10-12-6-13(15)8-14(16)7-12/h6-8,11H,3,5,9-10H2,1-2H3. The minimum Gasteiger partial charge on any atom is -0.298 e. The molecule has 1 aromatic rings. The zero-order valence-corrected chi connectivity index (χ0v) is 12.4. The highest BCUT2D eigenvalue weighted by Gasteiger charge is 2.09. The zero-order valence-electron chi connectivity index (χ0n) is 10.8. The lowest BCUT2D eigenvalue weighted by molar-refractivity contribution is 0.241. The van der Waals surface area contributed by atoms with Crippen LogP contribution in [0.5, 0.6) is 0 Å². The molecule has 0 atom stereocenters. The van der Waals surface area contributed by atoms with Crippen molar-refractivity contribution in [1.29, 1.82) is 5.26 Å². The van der Waals surface area contributed by atoms with Crippen LogP contribution in [0.2, 0.25) is 0 Å². The third kappa shape index (κ3) is 5.61. The van der Waals surface area contributed by atoms with E-state index in [0.29, 0.717) is 18.9 Å². The van der Waals surface area contributed by atoms with Gasteiger partial charge in [-0.1, -0.05) is 29.8 Å². The van der Waals surface area contributed by atoms with Crippen molar-refractivity contribution in [3.8, 4) is 6.07 Å². The lowest BCUT2D eigenvalue weighted by atomic mass is 10.1. The summed E-state index contributed by atoms with van der Waals surface area (Å²) in [7, 11) is 0. The molecule has 0 aromatic heterocycles. The van der Waals surface area contributed by atoms with Crippen LogP contribution < -0.4 is 0 Å². The first kappa shape index (κ1) is 15.1. The van der Waals surface area contributed by atoms with Gasteiger partial charge in [0.25, 0.3) is 0 Å². The van der Waals surface area contributed by atoms with Gasteiger partial charge < -0.3 is 0 Å². The Kier molecular flexibility index (Phi) is 6.31. The van der Waals surface area contributed by atoms with Gasteiger partial charge in [0.1, 0.15) is 5.82 Å². The molecule has 0 radical (unpaired) electrons. The summed E-state index contributed by atoms with van der Waals surface area (Å²) in [5, 5.41) is 8.66. The minimum atomic E-state index is -0.232. The molecule has 18 heavy (non-hydrogen) atoms. The summed E-state index contributed by atoms with van der Waals surface area (Å²) in [5.74, 6) is 0.296. The third-order valence-electron chi connectivity index (χ3n) is 2.49. The van der Waals surface area contributed by atoms with Gasteiger partial charge in [-0.3, -0.25) is 4.90 Å². The third-order valence-corrected chi connectivity index (χ3v) is 2.95. The monoisotopic (exact) mass is 312 g/mol. The van der Waals surface area contributed by atoms with E-state index in [0.717, 1.165) is 23.1 Å². The van der Waals surface area contributed by atoms with Gasteiger partial charge in [-0.15, -0.1) is 0 Å². The fourth-order valence-electron chi connectivity index (χ4n) is 1.92. The van der Waals surface area contributed by atoms with Crippen LogP contribution in [0.3, 0.4) is 0 Å². The van der Waals surface area contributed by atoms with Gasteiger partial charge in [0, 0.05) is 30.5 Å². The van der Waals surface area contributed by atoms with E-state index in [2.05, 4.69) is 40.7 Å². The Morgan fingerprint density at radius 1 is 1.39 bits per heavy atom. The van der Waals surface area contributed by atoms with Crippen molar-refractivity contribution in [2.24, 2.45) is 5.92 Å². The Bertz CT molecular complexity index is 406. The molecule has 0 N–H and O–H groups in total. The number of nitriles is 1. The van der Waals surface area contributed by atoms with Crippen molar-refractivity contribution in [1.82, 2.24) is 4.90 Å². The molecular weight excluding hydrogens is 295 g/mol. The minimum absolute atomic E-state index is 0.232.